The number of carbonyl (C=O) groups is 1. The monoisotopic (exact) mass is 214 g/mol. The van der Waals surface area contributed by atoms with Crippen molar-refractivity contribution in [1.29, 1.82) is 0 Å². The molecule has 14 heavy (non-hydrogen) atoms. The molecule has 4 heteroatoms. The Kier molecular flexibility index (Phi) is 3.77. The van der Waals surface area contributed by atoms with Crippen molar-refractivity contribution >= 4 is 17.4 Å². The number of ketones is 1. The van der Waals surface area contributed by atoms with E-state index in [1.54, 1.807) is 0 Å². The molecule has 0 saturated carbocycles. The van der Waals surface area contributed by atoms with Crippen LogP contribution in [0.1, 0.15) is 23.2 Å². The van der Waals surface area contributed by atoms with Crippen LogP contribution in [-0.4, -0.2) is 21.9 Å². The van der Waals surface area contributed by atoms with Gasteiger partial charge < -0.3 is 10.2 Å². The van der Waals surface area contributed by atoms with Gasteiger partial charge in [-0.3, -0.25) is 4.79 Å². The molecule has 0 amide bonds. The van der Waals surface area contributed by atoms with E-state index in [0.717, 1.165) is 0 Å². The minimum absolute atomic E-state index is 0.0825. The fraction of sp³-hybridized carbons (Fsp3) is 0.300. The Morgan fingerprint density at radius 2 is 2.00 bits per heavy atom. The van der Waals surface area contributed by atoms with E-state index < -0.39 is 0 Å². The lowest BCUT2D eigenvalue weighted by Gasteiger charge is -2.01. The molecule has 1 aromatic carbocycles. The minimum Gasteiger partial charge on any atom is -0.504 e. The van der Waals surface area contributed by atoms with E-state index >= 15 is 0 Å². The first kappa shape index (κ1) is 10.9. The van der Waals surface area contributed by atoms with Crippen molar-refractivity contribution in [3.8, 4) is 11.5 Å². The van der Waals surface area contributed by atoms with Crippen molar-refractivity contribution in [2.75, 3.05) is 5.88 Å². The molecule has 0 saturated heterocycles. The second-order valence-corrected chi connectivity index (χ2v) is 3.30. The molecule has 0 aromatic heterocycles. The lowest BCUT2D eigenvalue weighted by Crippen LogP contribution is -1.98. The Bertz CT molecular complexity index is 336. The predicted octanol–water partition coefficient (Wildman–Crippen LogP) is 2.30. The Morgan fingerprint density at radius 3 is 2.57 bits per heavy atom. The smallest absolute Gasteiger partial charge is 0.163 e. The van der Waals surface area contributed by atoms with Gasteiger partial charge in [-0.25, -0.2) is 0 Å². The third-order valence-corrected chi connectivity index (χ3v) is 2.10. The van der Waals surface area contributed by atoms with Gasteiger partial charge in [-0.1, -0.05) is 0 Å². The molecule has 76 valence electrons. The molecular formula is C10H11ClO3. The summed E-state index contributed by atoms with van der Waals surface area (Å²) in [5.74, 6) is -0.142. The van der Waals surface area contributed by atoms with Crippen molar-refractivity contribution in [2.24, 2.45) is 0 Å². The van der Waals surface area contributed by atoms with Crippen molar-refractivity contribution in [2.45, 2.75) is 12.8 Å². The lowest BCUT2D eigenvalue weighted by molar-refractivity contribution is 0.0981. The van der Waals surface area contributed by atoms with Gasteiger partial charge in [0.05, 0.1) is 0 Å². The standard InChI is InChI=1S/C10H11ClO3/c11-5-1-2-8(12)7-3-4-9(13)10(14)6-7/h3-4,6,13-14H,1-2,5H2. The normalized spacial score (nSPS) is 10.1. The molecule has 0 spiro atoms. The van der Waals surface area contributed by atoms with Gasteiger partial charge in [0.25, 0.3) is 0 Å². The van der Waals surface area contributed by atoms with E-state index in [9.17, 15) is 4.79 Å². The summed E-state index contributed by atoms with van der Waals surface area (Å²) in [4.78, 5) is 11.4. The van der Waals surface area contributed by atoms with Gasteiger partial charge in [-0.2, -0.15) is 0 Å². The highest BCUT2D eigenvalue weighted by atomic mass is 35.5. The number of halogens is 1. The number of alkyl halides is 1. The fourth-order valence-corrected chi connectivity index (χ4v) is 1.20. The average molecular weight is 215 g/mol. The molecule has 0 heterocycles. The number of carbonyl (C=O) groups excluding carboxylic acids is 1. The molecule has 0 unspecified atom stereocenters. The fourth-order valence-electron chi connectivity index (χ4n) is 1.07. The molecular weight excluding hydrogens is 204 g/mol. The molecule has 0 radical (unpaired) electrons. The molecule has 0 bridgehead atoms. The summed E-state index contributed by atoms with van der Waals surface area (Å²) in [6.07, 6.45) is 0.968. The van der Waals surface area contributed by atoms with Gasteiger partial charge in [0, 0.05) is 17.9 Å². The number of hydrogen-bond donors (Lipinski definition) is 2. The quantitative estimate of drug-likeness (QED) is 0.459. The Balaban J connectivity index is 2.76. The number of benzene rings is 1. The first-order valence-corrected chi connectivity index (χ1v) is 4.79. The van der Waals surface area contributed by atoms with Crippen LogP contribution in [0.25, 0.3) is 0 Å². The van der Waals surface area contributed by atoms with Gasteiger partial charge in [0.15, 0.2) is 17.3 Å². The maximum atomic E-state index is 11.4. The summed E-state index contributed by atoms with van der Waals surface area (Å²) in [6.45, 7) is 0. The van der Waals surface area contributed by atoms with Crippen LogP contribution in [0.4, 0.5) is 0 Å². The number of aromatic hydroxyl groups is 2. The number of rotatable bonds is 4. The van der Waals surface area contributed by atoms with E-state index in [1.807, 2.05) is 0 Å². The minimum atomic E-state index is -0.276. The average Bonchev–Trinajstić information content (AvgIpc) is 2.18. The van der Waals surface area contributed by atoms with Gasteiger partial charge >= 0.3 is 0 Å². The molecule has 0 atom stereocenters. The molecule has 0 aliphatic carbocycles. The number of Topliss-reactive ketones (excluding diaryl/α,β-unsaturated/α-hetero) is 1. The van der Waals surface area contributed by atoms with Crippen LogP contribution in [0.5, 0.6) is 11.5 Å². The number of phenols is 2. The van der Waals surface area contributed by atoms with Crippen LogP contribution in [0.3, 0.4) is 0 Å². The summed E-state index contributed by atoms with van der Waals surface area (Å²) in [5, 5.41) is 18.2. The van der Waals surface area contributed by atoms with E-state index in [1.165, 1.54) is 18.2 Å². The zero-order valence-corrected chi connectivity index (χ0v) is 8.29. The van der Waals surface area contributed by atoms with Crippen LogP contribution in [-0.2, 0) is 0 Å². The zero-order chi connectivity index (χ0) is 10.6. The van der Waals surface area contributed by atoms with Crippen molar-refractivity contribution in [1.82, 2.24) is 0 Å². The summed E-state index contributed by atoms with van der Waals surface area (Å²) >= 11 is 5.45. The molecule has 0 fully saturated rings. The first-order valence-electron chi connectivity index (χ1n) is 4.26. The van der Waals surface area contributed by atoms with E-state index in [-0.39, 0.29) is 17.3 Å². The summed E-state index contributed by atoms with van der Waals surface area (Å²) in [7, 11) is 0. The van der Waals surface area contributed by atoms with Gasteiger partial charge in [0.2, 0.25) is 0 Å². The molecule has 0 aliphatic rings. The Morgan fingerprint density at radius 1 is 1.29 bits per heavy atom. The third-order valence-electron chi connectivity index (χ3n) is 1.83. The zero-order valence-electron chi connectivity index (χ0n) is 7.53. The second kappa shape index (κ2) is 4.86. The van der Waals surface area contributed by atoms with Crippen molar-refractivity contribution < 1.29 is 15.0 Å². The van der Waals surface area contributed by atoms with Crippen LogP contribution in [0.2, 0.25) is 0 Å². The Labute approximate surface area is 86.9 Å². The highest BCUT2D eigenvalue weighted by Gasteiger charge is 2.07. The second-order valence-electron chi connectivity index (χ2n) is 2.92. The molecule has 2 N–H and O–H groups in total. The summed E-state index contributed by atoms with van der Waals surface area (Å²) in [6, 6.07) is 4.03. The first-order chi connectivity index (χ1) is 6.65. The van der Waals surface area contributed by atoms with Crippen LogP contribution >= 0.6 is 11.6 Å². The highest BCUT2D eigenvalue weighted by Crippen LogP contribution is 2.25. The molecule has 0 aliphatic heterocycles. The SMILES string of the molecule is O=C(CCCCl)c1ccc(O)c(O)c1. The predicted molar refractivity (Wildman–Crippen MR) is 54.1 cm³/mol. The third kappa shape index (κ3) is 2.64. The number of phenolic OH excluding ortho intramolecular Hbond substituents is 2. The van der Waals surface area contributed by atoms with Gasteiger partial charge in [-0.05, 0) is 24.6 Å². The van der Waals surface area contributed by atoms with Crippen LogP contribution in [0, 0.1) is 0 Å². The van der Waals surface area contributed by atoms with E-state index in [4.69, 9.17) is 21.8 Å². The van der Waals surface area contributed by atoms with Crippen LogP contribution < -0.4 is 0 Å². The van der Waals surface area contributed by atoms with Crippen LogP contribution in [0.15, 0.2) is 18.2 Å². The highest BCUT2D eigenvalue weighted by molar-refractivity contribution is 6.18. The van der Waals surface area contributed by atoms with Crippen molar-refractivity contribution in [3.05, 3.63) is 23.8 Å². The molecule has 1 rings (SSSR count). The van der Waals surface area contributed by atoms with Gasteiger partial charge in [0.1, 0.15) is 0 Å². The van der Waals surface area contributed by atoms with E-state index in [0.29, 0.717) is 24.3 Å². The van der Waals surface area contributed by atoms with E-state index in [2.05, 4.69) is 0 Å². The topological polar surface area (TPSA) is 57.5 Å². The summed E-state index contributed by atoms with van der Waals surface area (Å²) < 4.78 is 0. The lowest BCUT2D eigenvalue weighted by atomic mass is 10.1. The largest absolute Gasteiger partial charge is 0.504 e. The summed E-state index contributed by atoms with van der Waals surface area (Å²) in [5.41, 5.74) is 0.394. The maximum Gasteiger partial charge on any atom is 0.163 e. The molecule has 1 aromatic rings. The molecule has 3 nitrogen and oxygen atoms in total. The maximum absolute atomic E-state index is 11.4. The van der Waals surface area contributed by atoms with Crippen molar-refractivity contribution in [3.63, 3.8) is 0 Å². The Hall–Kier alpha value is -1.22. The van der Waals surface area contributed by atoms with Gasteiger partial charge in [-0.15, -0.1) is 11.6 Å². The number of hydrogen-bond acceptors (Lipinski definition) is 3.